The minimum absolute atomic E-state index is 0.0655. The molecule has 0 amide bonds. The van der Waals surface area contributed by atoms with Gasteiger partial charge in [0.2, 0.25) is 0 Å². The number of ether oxygens (including phenoxy) is 4. The number of phosphoric ester groups is 2. The van der Waals surface area contributed by atoms with Gasteiger partial charge in [0, 0.05) is 19.3 Å². The zero-order valence-electron chi connectivity index (χ0n) is 61.4. The van der Waals surface area contributed by atoms with Crippen molar-refractivity contribution in [3.05, 3.63) is 109 Å². The molecular weight excluding hydrogens is 1280 g/mol. The van der Waals surface area contributed by atoms with Crippen molar-refractivity contribution in [2.45, 2.75) is 329 Å². The van der Waals surface area contributed by atoms with Gasteiger partial charge >= 0.3 is 39.5 Å². The van der Waals surface area contributed by atoms with Gasteiger partial charge in [0.15, 0.2) is 12.2 Å². The number of rotatable bonds is 71. The summed E-state index contributed by atoms with van der Waals surface area (Å²) in [4.78, 5) is 72.7. The molecule has 19 heteroatoms. The third kappa shape index (κ3) is 70.2. The van der Waals surface area contributed by atoms with Crippen LogP contribution in [0.3, 0.4) is 0 Å². The van der Waals surface area contributed by atoms with E-state index in [1.165, 1.54) is 77.0 Å². The van der Waals surface area contributed by atoms with E-state index in [9.17, 15) is 43.2 Å². The fourth-order valence-electron chi connectivity index (χ4n) is 10.0. The Labute approximate surface area is 594 Å². The SMILES string of the molecule is CC/C=C\C/C=C\C/C=C\C/C=C\C/C=C\CC(=O)OCC(COP(=O)(O)OCC(O)COP(=O)(O)OCC(COC(=O)CCCCCCCCC/C=C\C/C=C\C/C=C\CC)OC(=O)CCCCCCCCCCCCC)OC(=O)CCCCCCC/C=C\CCCCCCCC. The van der Waals surface area contributed by atoms with Crippen LogP contribution in [-0.4, -0.2) is 96.7 Å². The summed E-state index contributed by atoms with van der Waals surface area (Å²) in [5.41, 5.74) is 0. The third-order valence-electron chi connectivity index (χ3n) is 15.8. The monoisotopic (exact) mass is 1420 g/mol. The number of hydrogen-bond acceptors (Lipinski definition) is 15. The molecule has 0 bridgehead atoms. The van der Waals surface area contributed by atoms with Crippen LogP contribution in [0, 0.1) is 0 Å². The average molecular weight is 1420 g/mol. The molecule has 0 fully saturated rings. The van der Waals surface area contributed by atoms with Crippen LogP contribution in [0.4, 0.5) is 0 Å². The van der Waals surface area contributed by atoms with Gasteiger partial charge in [-0.05, 0) is 109 Å². The molecule has 5 unspecified atom stereocenters. The van der Waals surface area contributed by atoms with Crippen LogP contribution in [-0.2, 0) is 65.4 Å². The summed E-state index contributed by atoms with van der Waals surface area (Å²) < 4.78 is 68.3. The van der Waals surface area contributed by atoms with Gasteiger partial charge in [0.25, 0.3) is 0 Å². The van der Waals surface area contributed by atoms with Crippen LogP contribution in [0.2, 0.25) is 0 Å². The van der Waals surface area contributed by atoms with E-state index in [0.29, 0.717) is 25.7 Å². The van der Waals surface area contributed by atoms with Crippen molar-refractivity contribution in [1.82, 2.24) is 0 Å². The maximum Gasteiger partial charge on any atom is 0.472 e. The Balaban J connectivity index is 5.38. The summed E-state index contributed by atoms with van der Waals surface area (Å²) in [5, 5.41) is 10.6. The maximum atomic E-state index is 13.1. The van der Waals surface area contributed by atoms with Crippen LogP contribution < -0.4 is 0 Å². The molecule has 0 radical (unpaired) electrons. The predicted molar refractivity (Wildman–Crippen MR) is 399 cm³/mol. The number of hydrogen-bond donors (Lipinski definition) is 3. The molecule has 0 aromatic carbocycles. The summed E-state index contributed by atoms with van der Waals surface area (Å²) in [6.07, 6.45) is 75.4. The van der Waals surface area contributed by atoms with Gasteiger partial charge in [-0.1, -0.05) is 285 Å². The highest BCUT2D eigenvalue weighted by atomic mass is 31.2. The number of aliphatic hydroxyl groups excluding tert-OH is 1. The Morgan fingerprint density at radius 1 is 0.306 bits per heavy atom. The van der Waals surface area contributed by atoms with Crippen molar-refractivity contribution in [3.63, 3.8) is 0 Å². The average Bonchev–Trinajstić information content (AvgIpc) is 0.982. The van der Waals surface area contributed by atoms with Gasteiger partial charge in [0.05, 0.1) is 32.8 Å². The molecule has 3 N–H and O–H groups in total. The highest BCUT2D eigenvalue weighted by Crippen LogP contribution is 2.45. The molecule has 564 valence electrons. The second-order valence-corrected chi connectivity index (χ2v) is 28.1. The van der Waals surface area contributed by atoms with Crippen LogP contribution >= 0.6 is 15.6 Å². The zero-order valence-corrected chi connectivity index (χ0v) is 63.2. The van der Waals surface area contributed by atoms with Gasteiger partial charge in [-0.2, -0.15) is 0 Å². The zero-order chi connectivity index (χ0) is 71.8. The Kier molecular flexibility index (Phi) is 68.0. The largest absolute Gasteiger partial charge is 0.472 e. The summed E-state index contributed by atoms with van der Waals surface area (Å²) >= 11 is 0. The standard InChI is InChI=1S/C79H136O17P2/c1-5-9-13-17-21-25-29-32-35-36-39-41-45-48-52-56-60-64-77(82)89-69-74(95-78(83)65-61-57-53-49-43-28-24-20-16-12-8-4)71-93-97(85,86)91-67-73(80)68-92-98(87,88)94-72-75(96-79(84)66-62-58-54-50-46-42-38-34-31-27-23-19-15-11-7-3)70-90-76(81)63-59-55-51-47-44-40-37-33-30-26-22-18-14-10-6-2/h9-10,13-14,21-22,25-26,32-35,37-38,44,47,55,59,73-75,80H,5-8,11-12,15-20,23-24,27-31,36,39-43,45-46,48-54,56-58,60-72H2,1-4H3,(H,85,86)(H,87,88)/b13-9-,14-10-,25-21-,26-22-,35-32-,37-33-,38-34-,47-44-,59-55-. The van der Waals surface area contributed by atoms with E-state index in [2.05, 4.69) is 113 Å². The van der Waals surface area contributed by atoms with E-state index in [1.54, 1.807) is 6.08 Å². The Bertz CT molecular complexity index is 2290. The minimum atomic E-state index is -4.99. The first-order valence-corrected chi connectivity index (χ1v) is 41.1. The molecule has 0 saturated heterocycles. The number of aliphatic hydroxyl groups is 1. The van der Waals surface area contributed by atoms with Gasteiger partial charge in [-0.15, -0.1) is 0 Å². The fourth-order valence-corrected chi connectivity index (χ4v) is 11.6. The number of carbonyl (C=O) groups is 4. The van der Waals surface area contributed by atoms with Crippen molar-refractivity contribution >= 4 is 39.5 Å². The molecular formula is C79H136O17P2. The van der Waals surface area contributed by atoms with Crippen LogP contribution in [0.5, 0.6) is 0 Å². The summed E-state index contributed by atoms with van der Waals surface area (Å²) in [6.45, 7) is 4.52. The molecule has 0 aliphatic carbocycles. The van der Waals surface area contributed by atoms with E-state index in [1.807, 2.05) is 18.2 Å². The molecule has 0 saturated carbocycles. The van der Waals surface area contributed by atoms with Crippen LogP contribution in [0.25, 0.3) is 0 Å². The molecule has 5 atom stereocenters. The Hall–Kier alpha value is -4.28. The van der Waals surface area contributed by atoms with Crippen molar-refractivity contribution in [2.24, 2.45) is 0 Å². The molecule has 0 rings (SSSR count). The Morgan fingerprint density at radius 2 is 0.571 bits per heavy atom. The minimum Gasteiger partial charge on any atom is -0.462 e. The summed E-state index contributed by atoms with van der Waals surface area (Å²) in [7, 11) is -9.97. The van der Waals surface area contributed by atoms with E-state index >= 15 is 0 Å². The topological polar surface area (TPSA) is 237 Å². The first-order valence-electron chi connectivity index (χ1n) is 38.1. The Morgan fingerprint density at radius 3 is 0.918 bits per heavy atom. The molecule has 98 heavy (non-hydrogen) atoms. The van der Waals surface area contributed by atoms with E-state index in [4.69, 9.17) is 37.0 Å². The number of phosphoric acid groups is 2. The molecule has 0 aromatic rings. The number of carbonyl (C=O) groups excluding carboxylic acids is 4. The second-order valence-electron chi connectivity index (χ2n) is 25.2. The fraction of sp³-hybridized carbons (Fsp3) is 0.722. The van der Waals surface area contributed by atoms with Crippen LogP contribution in [0.15, 0.2) is 109 Å². The molecule has 0 aliphatic rings. The first-order chi connectivity index (χ1) is 47.7. The lowest BCUT2D eigenvalue weighted by Gasteiger charge is -2.21. The van der Waals surface area contributed by atoms with E-state index in [0.717, 1.165) is 154 Å². The molecule has 0 aliphatic heterocycles. The quantitative estimate of drug-likeness (QED) is 0.0169. The highest BCUT2D eigenvalue weighted by molar-refractivity contribution is 7.47. The normalized spacial score (nSPS) is 14.6. The van der Waals surface area contributed by atoms with Crippen molar-refractivity contribution in [1.29, 1.82) is 0 Å². The van der Waals surface area contributed by atoms with Gasteiger partial charge in [-0.25, -0.2) is 9.13 Å². The highest BCUT2D eigenvalue weighted by Gasteiger charge is 2.30. The lowest BCUT2D eigenvalue weighted by Crippen LogP contribution is -2.30. The first kappa shape index (κ1) is 93.7. The van der Waals surface area contributed by atoms with Gasteiger partial charge in [0.1, 0.15) is 19.3 Å². The van der Waals surface area contributed by atoms with Gasteiger partial charge in [-0.3, -0.25) is 37.3 Å². The molecule has 0 spiro atoms. The smallest absolute Gasteiger partial charge is 0.462 e. The predicted octanol–water partition coefficient (Wildman–Crippen LogP) is 21.8. The van der Waals surface area contributed by atoms with Crippen LogP contribution in [0.1, 0.15) is 310 Å². The van der Waals surface area contributed by atoms with Crippen molar-refractivity contribution < 1.29 is 80.2 Å². The second kappa shape index (κ2) is 71.1. The summed E-state index contributed by atoms with van der Waals surface area (Å²) in [5.74, 6) is -2.33. The number of esters is 4. The third-order valence-corrected chi connectivity index (χ3v) is 17.7. The van der Waals surface area contributed by atoms with Crippen molar-refractivity contribution in [2.75, 3.05) is 39.6 Å². The molecule has 0 heterocycles. The van der Waals surface area contributed by atoms with E-state index < -0.39 is 97.5 Å². The molecule has 17 nitrogen and oxygen atoms in total. The van der Waals surface area contributed by atoms with Crippen molar-refractivity contribution in [3.8, 4) is 0 Å². The number of allylic oxidation sites excluding steroid dienone is 17. The molecule has 0 aromatic heterocycles. The van der Waals surface area contributed by atoms with Gasteiger partial charge < -0.3 is 33.8 Å². The maximum absolute atomic E-state index is 13.1. The van der Waals surface area contributed by atoms with E-state index in [-0.39, 0.29) is 25.7 Å². The lowest BCUT2D eigenvalue weighted by atomic mass is 10.1. The summed E-state index contributed by atoms with van der Waals surface area (Å²) in [6, 6.07) is 0. The number of unbranched alkanes of at least 4 members (excludes halogenated alkanes) is 28. The lowest BCUT2D eigenvalue weighted by molar-refractivity contribution is -0.161.